The highest BCUT2D eigenvalue weighted by molar-refractivity contribution is 6.08. The van der Waals surface area contributed by atoms with E-state index in [0.29, 0.717) is 17.2 Å². The molecule has 28 heavy (non-hydrogen) atoms. The normalized spacial score (nSPS) is 13.5. The molecule has 1 saturated heterocycles. The van der Waals surface area contributed by atoms with Crippen LogP contribution in [0.4, 0.5) is 17.1 Å². The van der Waals surface area contributed by atoms with Crippen molar-refractivity contribution in [1.29, 1.82) is 0 Å². The Morgan fingerprint density at radius 2 is 2.00 bits per heavy atom. The minimum absolute atomic E-state index is 0.118. The van der Waals surface area contributed by atoms with Crippen molar-refractivity contribution in [3.63, 3.8) is 0 Å². The van der Waals surface area contributed by atoms with Crippen LogP contribution in [0.2, 0.25) is 0 Å². The number of non-ortho nitro benzene ring substituents is 1. The van der Waals surface area contributed by atoms with E-state index in [9.17, 15) is 14.9 Å². The summed E-state index contributed by atoms with van der Waals surface area (Å²) < 4.78 is 1.50. The third-order valence-corrected chi connectivity index (χ3v) is 4.54. The van der Waals surface area contributed by atoms with Crippen molar-refractivity contribution in [2.45, 2.75) is 12.8 Å². The summed E-state index contributed by atoms with van der Waals surface area (Å²) in [5.41, 5.74) is 1.34. The Morgan fingerprint density at radius 3 is 2.64 bits per heavy atom. The Morgan fingerprint density at radius 1 is 1.18 bits per heavy atom. The molecule has 2 aromatic heterocycles. The molecule has 1 amide bonds. The maximum absolute atomic E-state index is 12.9. The molecule has 1 fully saturated rings. The number of benzene rings is 1. The number of anilines is 2. The third kappa shape index (κ3) is 3.52. The molecule has 10 heteroatoms. The van der Waals surface area contributed by atoms with Gasteiger partial charge in [0.1, 0.15) is 12.7 Å². The standard InChI is InChI=1S/C18H17N7O3/c26-18(22-13-3-6-17(20-10-13)24-12-19-11-21-24)15-9-14(25(27)28)4-5-16(15)23-7-1-2-8-23/h3-6,9-12H,1-2,7-8H2,(H,22,26). The van der Waals surface area contributed by atoms with Gasteiger partial charge in [0.15, 0.2) is 5.82 Å². The Labute approximate surface area is 160 Å². The fourth-order valence-corrected chi connectivity index (χ4v) is 3.17. The molecular weight excluding hydrogens is 362 g/mol. The van der Waals surface area contributed by atoms with Gasteiger partial charge < -0.3 is 10.2 Å². The number of carbonyl (C=O) groups excluding carboxylic acids is 1. The summed E-state index contributed by atoms with van der Waals surface area (Å²) in [5, 5.41) is 17.9. The predicted molar refractivity (Wildman–Crippen MR) is 102 cm³/mol. The smallest absolute Gasteiger partial charge is 0.270 e. The number of hydrogen-bond donors (Lipinski definition) is 1. The zero-order valence-electron chi connectivity index (χ0n) is 14.9. The lowest BCUT2D eigenvalue weighted by Crippen LogP contribution is -2.23. The van der Waals surface area contributed by atoms with E-state index in [1.807, 2.05) is 0 Å². The molecule has 1 aliphatic rings. The fourth-order valence-electron chi connectivity index (χ4n) is 3.17. The number of amides is 1. The van der Waals surface area contributed by atoms with Crippen LogP contribution < -0.4 is 10.2 Å². The summed E-state index contributed by atoms with van der Waals surface area (Å²) in [4.78, 5) is 33.7. The van der Waals surface area contributed by atoms with Crippen molar-refractivity contribution in [2.75, 3.05) is 23.3 Å². The number of aromatic nitrogens is 4. The summed E-state index contributed by atoms with van der Waals surface area (Å²) in [6.07, 6.45) is 6.49. The van der Waals surface area contributed by atoms with Crippen LogP contribution in [0.25, 0.3) is 5.82 Å². The van der Waals surface area contributed by atoms with Crippen LogP contribution in [-0.2, 0) is 0 Å². The molecule has 1 aromatic carbocycles. The van der Waals surface area contributed by atoms with Gasteiger partial charge in [-0.2, -0.15) is 5.10 Å². The number of nitro groups is 1. The van der Waals surface area contributed by atoms with Gasteiger partial charge in [0.25, 0.3) is 11.6 Å². The first-order chi connectivity index (χ1) is 13.6. The molecule has 0 radical (unpaired) electrons. The number of nitrogens with zero attached hydrogens (tertiary/aromatic N) is 6. The molecular formula is C18H17N7O3. The zero-order valence-corrected chi connectivity index (χ0v) is 14.9. The lowest BCUT2D eigenvalue weighted by atomic mass is 10.1. The topological polar surface area (TPSA) is 119 Å². The predicted octanol–water partition coefficient (Wildman–Crippen LogP) is 2.42. The van der Waals surface area contributed by atoms with Gasteiger partial charge in [0, 0.05) is 25.2 Å². The number of nitro benzene ring substituents is 1. The molecule has 0 bridgehead atoms. The monoisotopic (exact) mass is 379 g/mol. The van der Waals surface area contributed by atoms with Gasteiger partial charge in [-0.25, -0.2) is 14.6 Å². The molecule has 0 spiro atoms. The molecule has 4 rings (SSSR count). The third-order valence-electron chi connectivity index (χ3n) is 4.54. The summed E-state index contributed by atoms with van der Waals surface area (Å²) in [5.74, 6) is 0.143. The minimum atomic E-state index is -0.501. The second kappa shape index (κ2) is 7.43. The Hall–Kier alpha value is -3.82. The largest absolute Gasteiger partial charge is 0.371 e. The Balaban J connectivity index is 1.59. The van der Waals surface area contributed by atoms with Crippen molar-refractivity contribution in [3.8, 4) is 5.82 Å². The van der Waals surface area contributed by atoms with E-state index in [2.05, 4.69) is 25.3 Å². The molecule has 0 aliphatic carbocycles. The molecule has 0 atom stereocenters. The van der Waals surface area contributed by atoms with Gasteiger partial charge in [-0.05, 0) is 31.0 Å². The van der Waals surface area contributed by atoms with E-state index in [4.69, 9.17) is 0 Å². The highest BCUT2D eigenvalue weighted by Gasteiger charge is 2.22. The summed E-state index contributed by atoms with van der Waals surface area (Å²) in [6, 6.07) is 7.78. The first-order valence-corrected chi connectivity index (χ1v) is 8.77. The van der Waals surface area contributed by atoms with Crippen molar-refractivity contribution >= 4 is 23.0 Å². The molecule has 3 heterocycles. The fraction of sp³-hybridized carbons (Fsp3) is 0.222. The van der Waals surface area contributed by atoms with Gasteiger partial charge in [0.05, 0.1) is 28.1 Å². The summed E-state index contributed by atoms with van der Waals surface area (Å²) in [6.45, 7) is 1.65. The summed E-state index contributed by atoms with van der Waals surface area (Å²) in [7, 11) is 0. The molecule has 3 aromatic rings. The van der Waals surface area contributed by atoms with Crippen molar-refractivity contribution in [1.82, 2.24) is 19.7 Å². The molecule has 1 N–H and O–H groups in total. The van der Waals surface area contributed by atoms with Crippen LogP contribution in [0.1, 0.15) is 23.2 Å². The van der Waals surface area contributed by atoms with Gasteiger partial charge in [-0.1, -0.05) is 0 Å². The van der Waals surface area contributed by atoms with E-state index in [-0.39, 0.29) is 11.3 Å². The lowest BCUT2D eigenvalue weighted by molar-refractivity contribution is -0.384. The maximum atomic E-state index is 12.9. The number of nitrogens with one attached hydrogen (secondary N) is 1. The van der Waals surface area contributed by atoms with Crippen LogP contribution in [-0.4, -0.2) is 43.7 Å². The van der Waals surface area contributed by atoms with Crippen LogP contribution in [0, 0.1) is 10.1 Å². The van der Waals surface area contributed by atoms with Crippen molar-refractivity contribution < 1.29 is 9.72 Å². The van der Waals surface area contributed by atoms with Crippen LogP contribution >= 0.6 is 0 Å². The van der Waals surface area contributed by atoms with Crippen molar-refractivity contribution in [2.24, 2.45) is 0 Å². The summed E-state index contributed by atoms with van der Waals surface area (Å²) >= 11 is 0. The minimum Gasteiger partial charge on any atom is -0.371 e. The Kier molecular flexibility index (Phi) is 4.67. The number of rotatable bonds is 5. The van der Waals surface area contributed by atoms with Crippen LogP contribution in [0.15, 0.2) is 49.2 Å². The van der Waals surface area contributed by atoms with Gasteiger partial charge in [-0.15, -0.1) is 0 Å². The van der Waals surface area contributed by atoms with E-state index in [1.165, 1.54) is 35.7 Å². The number of pyridine rings is 1. The zero-order chi connectivity index (χ0) is 19.5. The van der Waals surface area contributed by atoms with Crippen molar-refractivity contribution in [3.05, 3.63) is 64.9 Å². The second-order valence-electron chi connectivity index (χ2n) is 6.35. The van der Waals surface area contributed by atoms with Gasteiger partial charge in [-0.3, -0.25) is 14.9 Å². The number of carbonyl (C=O) groups is 1. The van der Waals surface area contributed by atoms with Crippen LogP contribution in [0.5, 0.6) is 0 Å². The molecule has 1 aliphatic heterocycles. The molecule has 0 unspecified atom stereocenters. The average molecular weight is 379 g/mol. The van der Waals surface area contributed by atoms with Gasteiger partial charge >= 0.3 is 0 Å². The number of hydrogen-bond acceptors (Lipinski definition) is 7. The molecule has 10 nitrogen and oxygen atoms in total. The van der Waals surface area contributed by atoms with E-state index >= 15 is 0 Å². The second-order valence-corrected chi connectivity index (χ2v) is 6.35. The van der Waals surface area contributed by atoms with E-state index < -0.39 is 10.8 Å². The van der Waals surface area contributed by atoms with Gasteiger partial charge in [0.2, 0.25) is 0 Å². The maximum Gasteiger partial charge on any atom is 0.270 e. The SMILES string of the molecule is O=C(Nc1ccc(-n2cncn2)nc1)c1cc([N+](=O)[O-])ccc1N1CCCC1. The quantitative estimate of drug-likeness (QED) is 0.534. The lowest BCUT2D eigenvalue weighted by Gasteiger charge is -2.20. The van der Waals surface area contributed by atoms with Crippen LogP contribution in [0.3, 0.4) is 0 Å². The highest BCUT2D eigenvalue weighted by Crippen LogP contribution is 2.29. The first-order valence-electron chi connectivity index (χ1n) is 8.77. The average Bonchev–Trinajstić information content (AvgIpc) is 3.42. The molecule has 142 valence electrons. The Bertz CT molecular complexity index is 997. The molecule has 0 saturated carbocycles. The highest BCUT2D eigenvalue weighted by atomic mass is 16.6. The first kappa shape index (κ1) is 17.6. The van der Waals surface area contributed by atoms with E-state index in [1.54, 1.807) is 18.2 Å². The van der Waals surface area contributed by atoms with E-state index in [0.717, 1.165) is 25.9 Å².